The smallest absolute Gasteiger partial charge is 0.0434 e. The second kappa shape index (κ2) is 8.55. The first-order valence-corrected chi connectivity index (χ1v) is 8.33. The first-order valence-electron chi connectivity index (χ1n) is 8.33. The SMILES string of the molecule is CCCC(CCO)CNC(C)c1ccc(C(C)(C)C)cc1. The summed E-state index contributed by atoms with van der Waals surface area (Å²) in [4.78, 5) is 0. The molecular weight excluding hydrogens is 258 g/mol. The Kier molecular flexibility index (Phi) is 7.41. The third kappa shape index (κ3) is 6.19. The Morgan fingerprint density at radius 3 is 2.19 bits per heavy atom. The second-order valence-corrected chi connectivity index (χ2v) is 7.17. The van der Waals surface area contributed by atoms with Crippen molar-refractivity contribution in [1.29, 1.82) is 0 Å². The van der Waals surface area contributed by atoms with Gasteiger partial charge in [0.05, 0.1) is 0 Å². The zero-order chi connectivity index (χ0) is 15.9. The van der Waals surface area contributed by atoms with E-state index in [1.807, 2.05) is 0 Å². The number of hydrogen-bond acceptors (Lipinski definition) is 2. The zero-order valence-electron chi connectivity index (χ0n) is 14.4. The Morgan fingerprint density at radius 1 is 1.10 bits per heavy atom. The lowest BCUT2D eigenvalue weighted by molar-refractivity contribution is 0.246. The fourth-order valence-corrected chi connectivity index (χ4v) is 2.67. The number of aliphatic hydroxyl groups excluding tert-OH is 1. The molecule has 0 bridgehead atoms. The number of aliphatic hydroxyl groups is 1. The Bertz CT molecular complexity index is 385. The summed E-state index contributed by atoms with van der Waals surface area (Å²) >= 11 is 0. The van der Waals surface area contributed by atoms with Crippen LogP contribution in [0, 0.1) is 5.92 Å². The van der Waals surface area contributed by atoms with Crippen LogP contribution in [0.4, 0.5) is 0 Å². The topological polar surface area (TPSA) is 32.3 Å². The quantitative estimate of drug-likeness (QED) is 0.742. The summed E-state index contributed by atoms with van der Waals surface area (Å²) in [7, 11) is 0. The summed E-state index contributed by atoms with van der Waals surface area (Å²) < 4.78 is 0. The highest BCUT2D eigenvalue weighted by molar-refractivity contribution is 5.29. The molecule has 1 aromatic rings. The standard InChI is InChI=1S/C19H33NO/c1-6-7-16(12-13-21)14-20-15(2)17-8-10-18(11-9-17)19(3,4)5/h8-11,15-16,20-21H,6-7,12-14H2,1-5H3. The van der Waals surface area contributed by atoms with Gasteiger partial charge in [-0.3, -0.25) is 0 Å². The fourth-order valence-electron chi connectivity index (χ4n) is 2.67. The number of benzene rings is 1. The van der Waals surface area contributed by atoms with Crippen LogP contribution in [0.2, 0.25) is 0 Å². The van der Waals surface area contributed by atoms with Crippen molar-refractivity contribution in [1.82, 2.24) is 5.32 Å². The minimum atomic E-state index is 0.211. The maximum atomic E-state index is 9.12. The van der Waals surface area contributed by atoms with Gasteiger partial charge in [-0.25, -0.2) is 0 Å². The van der Waals surface area contributed by atoms with Crippen LogP contribution in [0.25, 0.3) is 0 Å². The van der Waals surface area contributed by atoms with Crippen LogP contribution < -0.4 is 5.32 Å². The molecule has 0 spiro atoms. The molecule has 0 saturated heterocycles. The molecule has 0 aliphatic carbocycles. The molecule has 0 aliphatic heterocycles. The Balaban J connectivity index is 2.56. The van der Waals surface area contributed by atoms with E-state index in [1.54, 1.807) is 0 Å². The van der Waals surface area contributed by atoms with E-state index in [0.29, 0.717) is 18.6 Å². The first kappa shape index (κ1) is 18.2. The van der Waals surface area contributed by atoms with Gasteiger partial charge in [0.1, 0.15) is 0 Å². The largest absolute Gasteiger partial charge is 0.396 e. The lowest BCUT2D eigenvalue weighted by Gasteiger charge is -2.22. The summed E-state index contributed by atoms with van der Waals surface area (Å²) in [6, 6.07) is 9.31. The highest BCUT2D eigenvalue weighted by Crippen LogP contribution is 2.24. The molecule has 0 fully saturated rings. The summed E-state index contributed by atoms with van der Waals surface area (Å²) in [5.74, 6) is 0.580. The van der Waals surface area contributed by atoms with E-state index < -0.39 is 0 Å². The minimum Gasteiger partial charge on any atom is -0.396 e. The maximum Gasteiger partial charge on any atom is 0.0434 e. The molecule has 2 nitrogen and oxygen atoms in total. The molecule has 0 aromatic heterocycles. The molecule has 0 heterocycles. The minimum absolute atomic E-state index is 0.211. The molecule has 0 radical (unpaired) electrons. The van der Waals surface area contributed by atoms with Crippen LogP contribution in [-0.2, 0) is 5.41 Å². The molecular formula is C19H33NO. The van der Waals surface area contributed by atoms with E-state index in [1.165, 1.54) is 24.0 Å². The number of rotatable bonds is 8. The predicted octanol–water partition coefficient (Wildman–Crippen LogP) is 4.43. The van der Waals surface area contributed by atoms with Gasteiger partial charge in [0.2, 0.25) is 0 Å². The van der Waals surface area contributed by atoms with E-state index >= 15 is 0 Å². The normalized spacial score (nSPS) is 15.0. The summed E-state index contributed by atoms with van der Waals surface area (Å²) in [6.07, 6.45) is 3.26. The van der Waals surface area contributed by atoms with E-state index in [9.17, 15) is 0 Å². The Labute approximate surface area is 131 Å². The summed E-state index contributed by atoms with van der Waals surface area (Å²) in [5.41, 5.74) is 2.92. The van der Waals surface area contributed by atoms with Crippen LogP contribution in [0.3, 0.4) is 0 Å². The van der Waals surface area contributed by atoms with Gasteiger partial charge in [-0.15, -0.1) is 0 Å². The van der Waals surface area contributed by atoms with Crippen LogP contribution >= 0.6 is 0 Å². The van der Waals surface area contributed by atoms with Gasteiger partial charge in [0, 0.05) is 12.6 Å². The lowest BCUT2D eigenvalue weighted by Crippen LogP contribution is -2.26. The predicted molar refractivity (Wildman–Crippen MR) is 91.7 cm³/mol. The lowest BCUT2D eigenvalue weighted by atomic mass is 9.86. The number of nitrogens with one attached hydrogen (secondary N) is 1. The van der Waals surface area contributed by atoms with Gasteiger partial charge in [-0.05, 0) is 48.8 Å². The molecule has 1 aromatic carbocycles. The van der Waals surface area contributed by atoms with Crippen molar-refractivity contribution in [3.63, 3.8) is 0 Å². The van der Waals surface area contributed by atoms with Crippen LogP contribution in [0.1, 0.15) is 71.0 Å². The van der Waals surface area contributed by atoms with E-state index in [-0.39, 0.29) is 5.41 Å². The summed E-state index contributed by atoms with van der Waals surface area (Å²) in [5, 5.41) is 12.7. The molecule has 2 N–H and O–H groups in total. The number of hydrogen-bond donors (Lipinski definition) is 2. The van der Waals surface area contributed by atoms with Gasteiger partial charge in [-0.2, -0.15) is 0 Å². The molecule has 21 heavy (non-hydrogen) atoms. The summed E-state index contributed by atoms with van der Waals surface area (Å²) in [6.45, 7) is 12.4. The second-order valence-electron chi connectivity index (χ2n) is 7.17. The van der Waals surface area contributed by atoms with Crippen molar-refractivity contribution in [2.24, 2.45) is 5.92 Å². The van der Waals surface area contributed by atoms with E-state index in [4.69, 9.17) is 5.11 Å². The van der Waals surface area contributed by atoms with Crippen molar-refractivity contribution in [2.75, 3.05) is 13.2 Å². The highest BCUT2D eigenvalue weighted by Gasteiger charge is 2.14. The highest BCUT2D eigenvalue weighted by atomic mass is 16.3. The van der Waals surface area contributed by atoms with Gasteiger partial charge >= 0.3 is 0 Å². The van der Waals surface area contributed by atoms with Crippen molar-refractivity contribution in [3.05, 3.63) is 35.4 Å². The zero-order valence-corrected chi connectivity index (χ0v) is 14.4. The van der Waals surface area contributed by atoms with Gasteiger partial charge in [0.25, 0.3) is 0 Å². The van der Waals surface area contributed by atoms with Crippen LogP contribution in [0.5, 0.6) is 0 Å². The van der Waals surface area contributed by atoms with Crippen molar-refractivity contribution < 1.29 is 5.11 Å². The third-order valence-corrected chi connectivity index (χ3v) is 4.22. The fraction of sp³-hybridized carbons (Fsp3) is 0.684. The van der Waals surface area contributed by atoms with Gasteiger partial charge in [-0.1, -0.05) is 58.4 Å². The molecule has 120 valence electrons. The van der Waals surface area contributed by atoms with E-state index in [2.05, 4.69) is 64.2 Å². The molecule has 0 aliphatic rings. The van der Waals surface area contributed by atoms with E-state index in [0.717, 1.165) is 13.0 Å². The molecule has 2 unspecified atom stereocenters. The van der Waals surface area contributed by atoms with Crippen LogP contribution in [0.15, 0.2) is 24.3 Å². The van der Waals surface area contributed by atoms with Gasteiger partial charge < -0.3 is 10.4 Å². The third-order valence-electron chi connectivity index (χ3n) is 4.22. The molecule has 1 rings (SSSR count). The molecule has 2 atom stereocenters. The Hall–Kier alpha value is -0.860. The molecule has 0 amide bonds. The monoisotopic (exact) mass is 291 g/mol. The maximum absolute atomic E-state index is 9.12. The van der Waals surface area contributed by atoms with Crippen molar-refractivity contribution >= 4 is 0 Å². The molecule has 2 heteroatoms. The molecule has 0 saturated carbocycles. The first-order chi connectivity index (χ1) is 9.88. The van der Waals surface area contributed by atoms with Crippen LogP contribution in [-0.4, -0.2) is 18.3 Å². The van der Waals surface area contributed by atoms with Crippen molar-refractivity contribution in [3.8, 4) is 0 Å². The Morgan fingerprint density at radius 2 is 1.71 bits per heavy atom. The average Bonchev–Trinajstić information content (AvgIpc) is 2.44. The van der Waals surface area contributed by atoms with Crippen molar-refractivity contribution in [2.45, 2.75) is 65.3 Å². The van der Waals surface area contributed by atoms with Gasteiger partial charge in [0.15, 0.2) is 0 Å². The average molecular weight is 291 g/mol.